The van der Waals surface area contributed by atoms with Gasteiger partial charge in [-0.25, -0.2) is 4.57 Å². The molecule has 0 spiro atoms. The monoisotopic (exact) mass is 663 g/mol. The van der Waals surface area contributed by atoms with Crippen LogP contribution in [0.2, 0.25) is 18.1 Å². The van der Waals surface area contributed by atoms with E-state index >= 15 is 0 Å². The van der Waals surface area contributed by atoms with Crippen molar-refractivity contribution in [2.45, 2.75) is 128 Å². The summed E-state index contributed by atoms with van der Waals surface area (Å²) in [5.41, 5.74) is 9.63. The molecule has 0 unspecified atom stereocenters. The lowest BCUT2D eigenvalue weighted by Gasteiger charge is -2.48. The Morgan fingerprint density at radius 1 is 1.05 bits per heavy atom. The molecule has 6 atom stereocenters. The third-order valence-corrected chi connectivity index (χ3v) is 13.9. The summed E-state index contributed by atoms with van der Waals surface area (Å²) < 4.78 is 61.5. The molecular weight excluding hydrogens is 605 g/mol. The quantitative estimate of drug-likeness (QED) is 0.0190. The summed E-state index contributed by atoms with van der Waals surface area (Å²) >= 11 is 0. The summed E-state index contributed by atoms with van der Waals surface area (Å²) in [6, 6.07) is -0.977. The van der Waals surface area contributed by atoms with Crippen molar-refractivity contribution in [2.24, 2.45) is 5.11 Å². The van der Waals surface area contributed by atoms with Crippen molar-refractivity contribution in [1.29, 1.82) is 0 Å². The third-order valence-electron chi connectivity index (χ3n) is 8.01. The first-order valence-corrected chi connectivity index (χ1v) is 20.0. The lowest BCUT2D eigenvalue weighted by atomic mass is 9.97. The number of unbranched alkanes of at least 4 members (excludes halogenated alkanes) is 4. The summed E-state index contributed by atoms with van der Waals surface area (Å²) in [5.74, 6) is 0. The van der Waals surface area contributed by atoms with E-state index in [1.165, 1.54) is 38.5 Å². The lowest BCUT2D eigenvalue weighted by molar-refractivity contribution is -0.250. The molecule has 0 aliphatic carbocycles. The van der Waals surface area contributed by atoms with E-state index in [4.69, 9.17) is 36.9 Å². The van der Waals surface area contributed by atoms with Crippen LogP contribution in [0, 0.1) is 0 Å². The van der Waals surface area contributed by atoms with Crippen LogP contribution in [-0.2, 0) is 41.5 Å². The molecule has 256 valence electrons. The topological polar surface area (TPSA) is 140 Å². The van der Waals surface area contributed by atoms with Crippen molar-refractivity contribution >= 4 is 16.1 Å². The number of phosphoric acid groups is 1. The molecular formula is C30H58N3O9PSi. The fraction of sp³-hybridized carbons (Fsp3) is 0.867. The molecule has 0 saturated carbocycles. The van der Waals surface area contributed by atoms with Crippen LogP contribution in [-0.4, -0.2) is 85.7 Å². The first kappa shape index (κ1) is 40.9. The van der Waals surface area contributed by atoms with Gasteiger partial charge in [-0.15, -0.1) is 13.2 Å². The first-order chi connectivity index (χ1) is 20.8. The molecule has 14 heteroatoms. The first-order valence-electron chi connectivity index (χ1n) is 15.6. The summed E-state index contributed by atoms with van der Waals surface area (Å²) in [5, 5.41) is 3.92. The summed E-state index contributed by atoms with van der Waals surface area (Å²) in [4.78, 5) is 3.11. The van der Waals surface area contributed by atoms with Gasteiger partial charge in [-0.2, -0.15) is 0 Å². The second kappa shape index (κ2) is 20.9. The van der Waals surface area contributed by atoms with Crippen LogP contribution < -0.4 is 0 Å². The van der Waals surface area contributed by atoms with Crippen LogP contribution in [0.5, 0.6) is 0 Å². The molecule has 0 aromatic rings. The third kappa shape index (κ3) is 13.7. The Kier molecular flexibility index (Phi) is 19.5. The Morgan fingerprint density at radius 3 is 2.20 bits per heavy atom. The van der Waals surface area contributed by atoms with Crippen LogP contribution in [0.1, 0.15) is 72.6 Å². The number of hydrogen-bond acceptors (Lipinski definition) is 10. The average Bonchev–Trinajstić information content (AvgIpc) is 2.96. The fourth-order valence-corrected chi connectivity index (χ4v) is 6.94. The van der Waals surface area contributed by atoms with Gasteiger partial charge in [0.15, 0.2) is 14.6 Å². The molecule has 0 N–H and O–H groups in total. The Labute approximate surface area is 266 Å². The van der Waals surface area contributed by atoms with Gasteiger partial charge in [-0.05, 0) is 36.5 Å². The van der Waals surface area contributed by atoms with Gasteiger partial charge in [0.2, 0.25) is 0 Å². The minimum absolute atomic E-state index is 0.0132. The Hall–Kier alpha value is -1.08. The molecule has 0 aromatic carbocycles. The highest BCUT2D eigenvalue weighted by molar-refractivity contribution is 7.48. The highest BCUT2D eigenvalue weighted by Gasteiger charge is 2.53. The normalized spacial score (nSPS) is 23.6. The van der Waals surface area contributed by atoms with Crippen LogP contribution in [0.25, 0.3) is 10.4 Å². The molecule has 0 aromatic heterocycles. The van der Waals surface area contributed by atoms with Gasteiger partial charge in [0.1, 0.15) is 24.4 Å². The summed E-state index contributed by atoms with van der Waals surface area (Å²) in [6.45, 7) is 20.0. The smallest absolute Gasteiger partial charge is 0.392 e. The van der Waals surface area contributed by atoms with Gasteiger partial charge in [0.25, 0.3) is 0 Å². The van der Waals surface area contributed by atoms with E-state index < -0.39 is 46.8 Å². The zero-order chi connectivity index (χ0) is 33.2. The number of methoxy groups -OCH3 is 2. The van der Waals surface area contributed by atoms with Crippen molar-refractivity contribution in [3.63, 3.8) is 0 Å². The van der Waals surface area contributed by atoms with Gasteiger partial charge in [0.05, 0.1) is 25.9 Å². The van der Waals surface area contributed by atoms with Crippen LogP contribution >= 0.6 is 7.82 Å². The predicted octanol–water partition coefficient (Wildman–Crippen LogP) is 8.11. The maximum absolute atomic E-state index is 13.8. The van der Waals surface area contributed by atoms with Gasteiger partial charge in [-0.3, -0.25) is 13.6 Å². The van der Waals surface area contributed by atoms with Crippen molar-refractivity contribution < 1.29 is 41.5 Å². The molecule has 1 rings (SSSR count). The second-order valence-corrected chi connectivity index (χ2v) is 18.8. The standard InChI is InChI=1S/C30H58N3O9PSi/c1-11-14-15-16-17-18-24(36-8)19-22-37-28-26(32-33-31)29(42-44(9,10)30(4,5)6)40-25(23-35-7)27(28)41-43(34,38-20-12-2)39-21-13-3/h12-13,24-29H,2-3,11,14-23H2,1,4-10H3/t24-,25-,26-,27-,28-,29+/m1/s1. The summed E-state index contributed by atoms with van der Waals surface area (Å²) in [6.07, 6.45) is 6.39. The average molecular weight is 664 g/mol. The number of phosphoric ester groups is 1. The molecule has 0 amide bonds. The van der Waals surface area contributed by atoms with Crippen LogP contribution in [0.15, 0.2) is 30.4 Å². The maximum atomic E-state index is 13.8. The lowest BCUT2D eigenvalue weighted by Crippen LogP contribution is -2.62. The minimum Gasteiger partial charge on any atom is -0.392 e. The van der Waals surface area contributed by atoms with E-state index in [0.717, 1.165) is 19.3 Å². The highest BCUT2D eigenvalue weighted by Crippen LogP contribution is 2.53. The second-order valence-electron chi connectivity index (χ2n) is 12.4. The van der Waals surface area contributed by atoms with Crippen molar-refractivity contribution in [3.8, 4) is 0 Å². The zero-order valence-corrected chi connectivity index (χ0v) is 30.2. The van der Waals surface area contributed by atoms with E-state index in [1.54, 1.807) is 7.11 Å². The molecule has 1 heterocycles. The molecule has 44 heavy (non-hydrogen) atoms. The molecule has 0 bridgehead atoms. The van der Waals surface area contributed by atoms with E-state index in [0.29, 0.717) is 6.42 Å². The Morgan fingerprint density at radius 2 is 1.68 bits per heavy atom. The largest absolute Gasteiger partial charge is 0.475 e. The van der Waals surface area contributed by atoms with Gasteiger partial charge >= 0.3 is 7.82 Å². The minimum atomic E-state index is -4.18. The highest BCUT2D eigenvalue weighted by atomic mass is 31.2. The summed E-state index contributed by atoms with van der Waals surface area (Å²) in [7, 11) is -3.39. The van der Waals surface area contributed by atoms with Crippen molar-refractivity contribution in [1.82, 2.24) is 0 Å². The molecule has 1 fully saturated rings. The SMILES string of the molecule is C=CCOP(=O)(OCC=C)O[C@H]1[C@H](OCC[C@@H](CCCCCCC)OC)[C@@H](N=[N+]=[N-])[C@H](O[Si](C)(C)C(C)(C)C)O[C@@H]1COC. The fourth-order valence-electron chi connectivity index (χ4n) is 4.48. The Balaban J connectivity index is 3.42. The molecule has 12 nitrogen and oxygen atoms in total. The van der Waals surface area contributed by atoms with Gasteiger partial charge in [0, 0.05) is 25.7 Å². The number of nitrogens with zero attached hydrogens (tertiary/aromatic N) is 3. The molecule has 1 aliphatic heterocycles. The molecule has 1 saturated heterocycles. The van der Waals surface area contributed by atoms with E-state index in [9.17, 15) is 10.1 Å². The van der Waals surface area contributed by atoms with Crippen LogP contribution in [0.4, 0.5) is 0 Å². The van der Waals surface area contributed by atoms with Crippen LogP contribution in [0.3, 0.4) is 0 Å². The molecule has 0 radical (unpaired) electrons. The predicted molar refractivity (Wildman–Crippen MR) is 175 cm³/mol. The van der Waals surface area contributed by atoms with Gasteiger partial charge in [-0.1, -0.05) is 77.1 Å². The number of rotatable bonds is 24. The van der Waals surface area contributed by atoms with E-state index in [2.05, 4.69) is 64.0 Å². The number of azide groups is 1. The van der Waals surface area contributed by atoms with E-state index in [1.807, 2.05) is 0 Å². The van der Waals surface area contributed by atoms with E-state index in [-0.39, 0.29) is 37.6 Å². The number of hydrogen-bond donors (Lipinski definition) is 0. The van der Waals surface area contributed by atoms with Crippen molar-refractivity contribution in [2.75, 3.05) is 40.6 Å². The maximum Gasteiger partial charge on any atom is 0.475 e. The Bertz CT molecular complexity index is 914. The van der Waals surface area contributed by atoms with Gasteiger partial charge < -0.3 is 23.4 Å². The number of ether oxygens (including phenoxy) is 4. The molecule has 1 aliphatic rings. The van der Waals surface area contributed by atoms with Crippen molar-refractivity contribution in [3.05, 3.63) is 35.8 Å². The zero-order valence-electron chi connectivity index (χ0n) is 28.3.